The molecule has 0 heterocycles. The molecule has 8 nitrogen and oxygen atoms in total. The van der Waals surface area contributed by atoms with Crippen LogP contribution in [0.3, 0.4) is 0 Å². The van der Waals surface area contributed by atoms with E-state index >= 15 is 0 Å². The Balaban J connectivity index is 1.65. The van der Waals surface area contributed by atoms with Crippen LogP contribution in [-0.2, 0) is 0 Å². The predicted molar refractivity (Wildman–Crippen MR) is 132 cm³/mol. The summed E-state index contributed by atoms with van der Waals surface area (Å²) in [6.07, 6.45) is 0. The summed E-state index contributed by atoms with van der Waals surface area (Å²) in [5.74, 6) is -0.716. The SMILES string of the molecule is COc1cc(OC)c(NC(=S)Nc2ccc(NC(=O)c3ccccc3C(=O)O)cc2)cc1Cl. The van der Waals surface area contributed by atoms with E-state index in [1.807, 2.05) is 0 Å². The van der Waals surface area contributed by atoms with Crippen LogP contribution in [-0.4, -0.2) is 36.3 Å². The van der Waals surface area contributed by atoms with Crippen molar-refractivity contribution < 1.29 is 24.2 Å². The highest BCUT2D eigenvalue weighted by atomic mass is 35.5. The number of methoxy groups -OCH3 is 2. The second-order valence-corrected chi connectivity index (χ2v) is 7.46. The maximum Gasteiger partial charge on any atom is 0.336 e. The lowest BCUT2D eigenvalue weighted by Gasteiger charge is -2.15. The van der Waals surface area contributed by atoms with Crippen LogP contribution < -0.4 is 25.4 Å². The lowest BCUT2D eigenvalue weighted by molar-refractivity contribution is 0.0692. The van der Waals surface area contributed by atoms with Crippen molar-refractivity contribution >= 4 is 57.9 Å². The molecule has 3 aromatic carbocycles. The summed E-state index contributed by atoms with van der Waals surface area (Å²) in [7, 11) is 3.03. The van der Waals surface area contributed by atoms with Gasteiger partial charge in [-0.1, -0.05) is 23.7 Å². The number of carbonyl (C=O) groups is 2. The minimum absolute atomic E-state index is 0.0706. The van der Waals surface area contributed by atoms with Crippen molar-refractivity contribution in [1.29, 1.82) is 0 Å². The molecule has 0 aromatic heterocycles. The van der Waals surface area contributed by atoms with E-state index in [0.717, 1.165) is 0 Å². The smallest absolute Gasteiger partial charge is 0.336 e. The van der Waals surface area contributed by atoms with Crippen LogP contribution in [0.1, 0.15) is 20.7 Å². The molecule has 1 amide bonds. The Kier molecular flexibility index (Phi) is 7.70. The normalized spacial score (nSPS) is 10.2. The molecule has 0 aliphatic carbocycles. The topological polar surface area (TPSA) is 109 Å². The molecular weight excluding hydrogens is 466 g/mol. The fourth-order valence-electron chi connectivity index (χ4n) is 2.95. The number of rotatable bonds is 7. The first-order valence-electron chi connectivity index (χ1n) is 9.55. The van der Waals surface area contributed by atoms with Crippen molar-refractivity contribution in [3.63, 3.8) is 0 Å². The first-order chi connectivity index (χ1) is 15.8. The van der Waals surface area contributed by atoms with Crippen molar-refractivity contribution in [3.8, 4) is 11.5 Å². The number of carboxylic acids is 1. The first kappa shape index (κ1) is 23.8. The molecule has 0 aliphatic heterocycles. The van der Waals surface area contributed by atoms with Crippen molar-refractivity contribution in [2.75, 3.05) is 30.2 Å². The van der Waals surface area contributed by atoms with E-state index in [1.54, 1.807) is 48.5 Å². The van der Waals surface area contributed by atoms with Crippen molar-refractivity contribution in [2.45, 2.75) is 0 Å². The van der Waals surface area contributed by atoms with Gasteiger partial charge >= 0.3 is 5.97 Å². The number of carboxylic acid groups (broad SMARTS) is 1. The molecule has 0 bridgehead atoms. The summed E-state index contributed by atoms with van der Waals surface area (Å²) in [5.41, 5.74) is 1.72. The largest absolute Gasteiger partial charge is 0.495 e. The molecule has 0 fully saturated rings. The average molecular weight is 486 g/mol. The van der Waals surface area contributed by atoms with Crippen LogP contribution in [0.5, 0.6) is 11.5 Å². The Labute approximate surface area is 200 Å². The van der Waals surface area contributed by atoms with Crippen molar-refractivity contribution in [2.24, 2.45) is 0 Å². The van der Waals surface area contributed by atoms with Crippen LogP contribution in [0.25, 0.3) is 0 Å². The van der Waals surface area contributed by atoms with Crippen LogP contribution >= 0.6 is 23.8 Å². The van der Waals surface area contributed by atoms with Crippen LogP contribution in [0, 0.1) is 0 Å². The second kappa shape index (κ2) is 10.7. The number of ether oxygens (including phenoxy) is 2. The zero-order chi connectivity index (χ0) is 24.0. The third-order valence-corrected chi connectivity index (χ3v) is 5.02. The highest BCUT2D eigenvalue weighted by Gasteiger charge is 2.16. The van der Waals surface area contributed by atoms with Gasteiger partial charge in [-0.25, -0.2) is 4.79 Å². The van der Waals surface area contributed by atoms with E-state index in [-0.39, 0.29) is 11.1 Å². The van der Waals surface area contributed by atoms with Crippen LogP contribution in [0.4, 0.5) is 17.1 Å². The Bertz CT molecular complexity index is 1200. The van der Waals surface area contributed by atoms with Crippen LogP contribution in [0.15, 0.2) is 60.7 Å². The molecule has 0 saturated heterocycles. The molecule has 3 rings (SSSR count). The van der Waals surface area contributed by atoms with E-state index in [0.29, 0.717) is 38.7 Å². The van der Waals surface area contributed by atoms with E-state index < -0.39 is 11.9 Å². The number of hydrogen-bond acceptors (Lipinski definition) is 5. The molecule has 10 heteroatoms. The van der Waals surface area contributed by atoms with Gasteiger partial charge in [0.05, 0.1) is 36.1 Å². The van der Waals surface area contributed by atoms with Gasteiger partial charge < -0.3 is 30.5 Å². The standard InChI is InChI=1S/C23H20ClN3O5S/c1-31-19-12-20(32-2)18(11-17(19)24)27-23(33)26-14-9-7-13(8-10-14)25-21(28)15-5-3-4-6-16(15)22(29)30/h3-12H,1-2H3,(H,25,28)(H,29,30)(H2,26,27,33). The van der Waals surface area contributed by atoms with Gasteiger partial charge in [0.25, 0.3) is 5.91 Å². The third kappa shape index (κ3) is 5.91. The van der Waals surface area contributed by atoms with Crippen LogP contribution in [0.2, 0.25) is 5.02 Å². The molecule has 0 saturated carbocycles. The minimum atomic E-state index is -1.17. The zero-order valence-corrected chi connectivity index (χ0v) is 19.2. The second-order valence-electron chi connectivity index (χ2n) is 6.65. The number of carbonyl (C=O) groups excluding carboxylic acids is 1. The number of hydrogen-bond donors (Lipinski definition) is 4. The molecule has 33 heavy (non-hydrogen) atoms. The summed E-state index contributed by atoms with van der Waals surface area (Å²) < 4.78 is 10.5. The van der Waals surface area contributed by atoms with Gasteiger partial charge in [-0.15, -0.1) is 0 Å². The number of anilines is 3. The zero-order valence-electron chi connectivity index (χ0n) is 17.6. The van der Waals surface area contributed by atoms with E-state index in [9.17, 15) is 14.7 Å². The molecule has 3 aromatic rings. The fourth-order valence-corrected chi connectivity index (χ4v) is 3.41. The summed E-state index contributed by atoms with van der Waals surface area (Å²) in [6.45, 7) is 0. The average Bonchev–Trinajstić information content (AvgIpc) is 2.80. The summed E-state index contributed by atoms with van der Waals surface area (Å²) in [5, 5.41) is 18.7. The van der Waals surface area contributed by atoms with E-state index in [1.165, 1.54) is 26.4 Å². The molecule has 0 unspecified atom stereocenters. The third-order valence-electron chi connectivity index (χ3n) is 4.52. The van der Waals surface area contributed by atoms with Gasteiger partial charge in [-0.05, 0) is 54.7 Å². The maximum absolute atomic E-state index is 12.5. The van der Waals surface area contributed by atoms with Gasteiger partial charge in [0.15, 0.2) is 5.11 Å². The van der Waals surface area contributed by atoms with Gasteiger partial charge in [0.1, 0.15) is 11.5 Å². The Morgan fingerprint density at radius 1 is 0.848 bits per heavy atom. The van der Waals surface area contributed by atoms with Crippen molar-refractivity contribution in [1.82, 2.24) is 0 Å². The molecule has 0 aliphatic rings. The lowest BCUT2D eigenvalue weighted by atomic mass is 10.1. The molecule has 0 atom stereocenters. The van der Waals surface area contributed by atoms with Gasteiger partial charge in [-0.3, -0.25) is 4.79 Å². The Hall–Kier alpha value is -3.82. The van der Waals surface area contributed by atoms with Crippen molar-refractivity contribution in [3.05, 3.63) is 76.8 Å². The number of nitrogens with one attached hydrogen (secondary N) is 3. The highest BCUT2D eigenvalue weighted by molar-refractivity contribution is 7.80. The highest BCUT2D eigenvalue weighted by Crippen LogP contribution is 2.36. The summed E-state index contributed by atoms with van der Waals surface area (Å²) in [4.78, 5) is 23.8. The fraction of sp³-hybridized carbons (Fsp3) is 0.0870. The maximum atomic E-state index is 12.5. The lowest BCUT2D eigenvalue weighted by Crippen LogP contribution is -2.19. The molecule has 170 valence electrons. The minimum Gasteiger partial charge on any atom is -0.495 e. The van der Waals surface area contributed by atoms with E-state index in [2.05, 4.69) is 16.0 Å². The number of thiocarbonyl (C=S) groups is 1. The number of aromatic carboxylic acids is 1. The summed E-state index contributed by atoms with van der Waals surface area (Å²) >= 11 is 11.5. The van der Waals surface area contributed by atoms with Gasteiger partial charge in [0.2, 0.25) is 0 Å². The predicted octanol–water partition coefficient (Wildman–Crippen LogP) is 5.12. The molecular formula is C23H20ClN3O5S. The first-order valence-corrected chi connectivity index (χ1v) is 10.3. The molecule has 4 N–H and O–H groups in total. The quantitative estimate of drug-likeness (QED) is 0.341. The number of benzene rings is 3. The summed E-state index contributed by atoms with van der Waals surface area (Å²) in [6, 6.07) is 16.0. The Morgan fingerprint density at radius 3 is 2.00 bits per heavy atom. The number of halogens is 1. The molecule has 0 radical (unpaired) electrons. The Morgan fingerprint density at radius 2 is 1.42 bits per heavy atom. The van der Waals surface area contributed by atoms with Gasteiger partial charge in [-0.2, -0.15) is 0 Å². The molecule has 0 spiro atoms. The number of amides is 1. The monoisotopic (exact) mass is 485 g/mol. The van der Waals surface area contributed by atoms with E-state index in [4.69, 9.17) is 33.3 Å². The van der Waals surface area contributed by atoms with Gasteiger partial charge in [0, 0.05) is 17.4 Å².